The van der Waals surface area contributed by atoms with Gasteiger partial charge >= 0.3 is 5.97 Å². The maximum Gasteiger partial charge on any atom is 0.312 e. The number of esters is 1. The van der Waals surface area contributed by atoms with Gasteiger partial charge in [-0.15, -0.1) is 0 Å². The van der Waals surface area contributed by atoms with Crippen LogP contribution in [0.3, 0.4) is 0 Å². The average molecular weight is 361 g/mol. The Morgan fingerprint density at radius 3 is 2.85 bits per heavy atom. The van der Waals surface area contributed by atoms with Gasteiger partial charge in [0, 0.05) is 35.7 Å². The molecular formula is C17H19N3O6. The number of carbonyl (C=O) groups is 1. The Morgan fingerprint density at radius 1 is 1.46 bits per heavy atom. The van der Waals surface area contributed by atoms with Crippen molar-refractivity contribution < 1.29 is 19.6 Å². The number of nitro benzene ring substituents is 1. The summed E-state index contributed by atoms with van der Waals surface area (Å²) in [6, 6.07) is 5.72. The summed E-state index contributed by atoms with van der Waals surface area (Å²) in [6.45, 7) is 3.25. The molecule has 3 N–H and O–H groups in total. The van der Waals surface area contributed by atoms with Crippen molar-refractivity contribution in [1.82, 2.24) is 10.2 Å². The largest absolute Gasteiger partial charge is 0.466 e. The third kappa shape index (κ3) is 2.90. The quantitative estimate of drug-likeness (QED) is 0.425. The molecule has 1 heterocycles. The molecule has 9 nitrogen and oxygen atoms in total. The summed E-state index contributed by atoms with van der Waals surface area (Å²) in [7, 11) is 0. The number of aromatic nitrogens is 2. The normalized spacial score (nSPS) is 24.7. The molecule has 1 aliphatic carbocycles. The average Bonchev–Trinajstić information content (AvgIpc) is 2.93. The highest BCUT2D eigenvalue weighted by Gasteiger charge is 2.51. The van der Waals surface area contributed by atoms with Gasteiger partial charge in [0.2, 0.25) is 0 Å². The van der Waals surface area contributed by atoms with E-state index in [1.54, 1.807) is 13.0 Å². The fourth-order valence-corrected chi connectivity index (χ4v) is 3.68. The van der Waals surface area contributed by atoms with E-state index in [1.165, 1.54) is 25.1 Å². The van der Waals surface area contributed by atoms with Gasteiger partial charge in [-0.05, 0) is 19.4 Å². The molecule has 9 heteroatoms. The number of nitrogens with zero attached hydrogens (tertiary/aromatic N) is 1. The molecule has 3 atom stereocenters. The summed E-state index contributed by atoms with van der Waals surface area (Å²) in [4.78, 5) is 35.6. The first-order valence-electron chi connectivity index (χ1n) is 8.19. The molecule has 1 aromatic heterocycles. The molecule has 138 valence electrons. The van der Waals surface area contributed by atoms with Crippen molar-refractivity contribution in [3.05, 3.63) is 61.6 Å². The molecule has 0 spiro atoms. The van der Waals surface area contributed by atoms with Crippen LogP contribution < -0.4 is 5.56 Å². The van der Waals surface area contributed by atoms with Gasteiger partial charge in [0.05, 0.1) is 23.0 Å². The molecule has 1 aromatic carbocycles. The minimum Gasteiger partial charge on any atom is -0.466 e. The van der Waals surface area contributed by atoms with Gasteiger partial charge in [-0.25, -0.2) is 0 Å². The van der Waals surface area contributed by atoms with Crippen molar-refractivity contribution in [3.8, 4) is 0 Å². The van der Waals surface area contributed by atoms with E-state index in [2.05, 4.69) is 10.2 Å². The zero-order valence-corrected chi connectivity index (χ0v) is 14.3. The molecule has 0 unspecified atom stereocenters. The highest BCUT2D eigenvalue weighted by Crippen LogP contribution is 2.44. The zero-order chi connectivity index (χ0) is 19.1. The maximum absolute atomic E-state index is 12.6. The van der Waals surface area contributed by atoms with Crippen molar-refractivity contribution in [2.75, 3.05) is 6.61 Å². The van der Waals surface area contributed by atoms with Crippen LogP contribution in [0.25, 0.3) is 0 Å². The number of fused-ring (bicyclic) bond motifs is 1. The van der Waals surface area contributed by atoms with Gasteiger partial charge in [0.25, 0.3) is 11.2 Å². The van der Waals surface area contributed by atoms with Crippen molar-refractivity contribution in [2.24, 2.45) is 5.92 Å². The van der Waals surface area contributed by atoms with Crippen LogP contribution in [-0.4, -0.2) is 38.4 Å². The van der Waals surface area contributed by atoms with Gasteiger partial charge in [0.1, 0.15) is 0 Å². The molecule has 0 fully saturated rings. The zero-order valence-electron chi connectivity index (χ0n) is 14.3. The van der Waals surface area contributed by atoms with Crippen LogP contribution in [0, 0.1) is 16.0 Å². The Balaban J connectivity index is 2.23. The van der Waals surface area contributed by atoms with Crippen molar-refractivity contribution >= 4 is 11.7 Å². The monoisotopic (exact) mass is 361 g/mol. The first-order valence-corrected chi connectivity index (χ1v) is 8.19. The molecule has 2 aromatic rings. The second kappa shape index (κ2) is 6.41. The number of H-pyrrole nitrogens is 2. The van der Waals surface area contributed by atoms with Gasteiger partial charge in [-0.2, -0.15) is 0 Å². The number of non-ortho nitro benzene ring substituents is 1. The molecular weight excluding hydrogens is 342 g/mol. The SMILES string of the molecule is CCOC(=O)[C@H]1[C@H](c2cccc([N+](=O)[O-])c2)c2c([nH][nH]c2=O)C[C@@]1(C)O. The van der Waals surface area contributed by atoms with E-state index < -0.39 is 33.9 Å². The van der Waals surface area contributed by atoms with E-state index in [0.29, 0.717) is 11.3 Å². The summed E-state index contributed by atoms with van der Waals surface area (Å²) in [6.07, 6.45) is 0.0516. The van der Waals surface area contributed by atoms with Gasteiger partial charge in [-0.1, -0.05) is 12.1 Å². The van der Waals surface area contributed by atoms with E-state index in [-0.39, 0.29) is 24.3 Å². The van der Waals surface area contributed by atoms with Crippen molar-refractivity contribution in [2.45, 2.75) is 31.8 Å². The van der Waals surface area contributed by atoms with Crippen molar-refractivity contribution in [1.29, 1.82) is 0 Å². The fourth-order valence-electron chi connectivity index (χ4n) is 3.68. The maximum atomic E-state index is 12.6. The van der Waals surface area contributed by atoms with Crippen LogP contribution >= 0.6 is 0 Å². The number of nitrogens with one attached hydrogen (secondary N) is 2. The topological polar surface area (TPSA) is 138 Å². The molecule has 0 bridgehead atoms. The lowest BCUT2D eigenvalue weighted by atomic mass is 9.66. The van der Waals surface area contributed by atoms with Crippen LogP contribution in [0.1, 0.15) is 36.6 Å². The number of nitro groups is 1. The highest BCUT2D eigenvalue weighted by atomic mass is 16.6. The number of aromatic amines is 2. The van der Waals surface area contributed by atoms with Crippen LogP contribution in [-0.2, 0) is 16.0 Å². The number of rotatable bonds is 4. The summed E-state index contributed by atoms with van der Waals surface area (Å²) in [5.74, 6) is -2.60. The van der Waals surface area contributed by atoms with Gasteiger partial charge in [-0.3, -0.25) is 24.8 Å². The lowest BCUT2D eigenvalue weighted by Gasteiger charge is -2.40. The summed E-state index contributed by atoms with van der Waals surface area (Å²) in [5.41, 5.74) is -0.944. The van der Waals surface area contributed by atoms with Crippen LogP contribution in [0.15, 0.2) is 29.1 Å². The van der Waals surface area contributed by atoms with Gasteiger partial charge in [0.15, 0.2) is 0 Å². The minimum atomic E-state index is -1.50. The Kier molecular flexibility index (Phi) is 4.41. The van der Waals surface area contributed by atoms with Crippen LogP contribution in [0.5, 0.6) is 0 Å². The number of carbonyl (C=O) groups excluding carboxylic acids is 1. The molecule has 0 aliphatic heterocycles. The predicted octanol–water partition coefficient (Wildman–Crippen LogP) is 1.23. The summed E-state index contributed by atoms with van der Waals surface area (Å²) >= 11 is 0. The lowest BCUT2D eigenvalue weighted by Crippen LogP contribution is -2.50. The second-order valence-electron chi connectivity index (χ2n) is 6.56. The third-order valence-corrected chi connectivity index (χ3v) is 4.73. The Morgan fingerprint density at radius 2 is 2.19 bits per heavy atom. The molecule has 0 amide bonds. The highest BCUT2D eigenvalue weighted by molar-refractivity contribution is 5.77. The van der Waals surface area contributed by atoms with Gasteiger partial charge < -0.3 is 14.9 Å². The number of benzene rings is 1. The van der Waals surface area contributed by atoms with E-state index >= 15 is 0 Å². The van der Waals surface area contributed by atoms with E-state index in [4.69, 9.17) is 4.74 Å². The molecule has 0 saturated heterocycles. The van der Waals surface area contributed by atoms with E-state index in [1.807, 2.05) is 0 Å². The lowest BCUT2D eigenvalue weighted by molar-refractivity contribution is -0.384. The predicted molar refractivity (Wildman–Crippen MR) is 90.8 cm³/mol. The summed E-state index contributed by atoms with van der Waals surface area (Å²) in [5, 5.41) is 27.3. The molecule has 1 aliphatic rings. The summed E-state index contributed by atoms with van der Waals surface area (Å²) < 4.78 is 5.12. The second-order valence-corrected chi connectivity index (χ2v) is 6.56. The standard InChI is InChI=1S/C17H19N3O6/c1-3-26-16(22)14-12(9-5-4-6-10(7-9)20(24)25)13-11(8-17(14,2)23)18-19-15(13)21/h4-7,12,14,23H,3,8H2,1-2H3,(H2,18,19,21)/t12-,14-,17-/m1/s1. The number of hydrogen-bond donors (Lipinski definition) is 3. The molecule has 0 saturated carbocycles. The Bertz CT molecular complexity index is 913. The minimum absolute atomic E-state index is 0.0516. The van der Waals surface area contributed by atoms with Crippen LogP contribution in [0.4, 0.5) is 5.69 Å². The molecule has 26 heavy (non-hydrogen) atoms. The number of hydrogen-bond acceptors (Lipinski definition) is 6. The Hall–Kier alpha value is -2.94. The van der Waals surface area contributed by atoms with E-state index in [9.17, 15) is 24.8 Å². The first kappa shape index (κ1) is 17.9. The number of ether oxygens (including phenoxy) is 1. The van der Waals surface area contributed by atoms with Crippen LogP contribution in [0.2, 0.25) is 0 Å². The molecule has 0 radical (unpaired) electrons. The smallest absolute Gasteiger partial charge is 0.312 e. The molecule has 3 rings (SSSR count). The van der Waals surface area contributed by atoms with Crippen molar-refractivity contribution in [3.63, 3.8) is 0 Å². The first-order chi connectivity index (χ1) is 12.3. The van der Waals surface area contributed by atoms with E-state index in [0.717, 1.165) is 0 Å². The Labute approximate surface area is 148 Å². The third-order valence-electron chi connectivity index (χ3n) is 4.73. The fraction of sp³-hybridized carbons (Fsp3) is 0.412. The number of aliphatic hydroxyl groups is 1.